The Kier molecular flexibility index (Phi) is 6.88. The predicted octanol–water partition coefficient (Wildman–Crippen LogP) is 3.20. The number of hydrogen-bond acceptors (Lipinski definition) is 5. The molecule has 0 saturated carbocycles. The molecule has 0 spiro atoms. The van der Waals surface area contributed by atoms with Crippen molar-refractivity contribution in [2.75, 3.05) is 33.9 Å². The maximum Gasteiger partial charge on any atom is 0.257 e. The van der Waals surface area contributed by atoms with E-state index in [2.05, 4.69) is 10.3 Å². The fourth-order valence-corrected chi connectivity index (χ4v) is 4.17. The molecule has 7 nitrogen and oxygen atoms in total. The molecule has 0 aliphatic carbocycles. The summed E-state index contributed by atoms with van der Waals surface area (Å²) in [5.74, 6) is 0.438. The van der Waals surface area contributed by atoms with Gasteiger partial charge in [0.05, 0.1) is 25.7 Å². The van der Waals surface area contributed by atoms with Gasteiger partial charge in [0.2, 0.25) is 5.91 Å². The first kappa shape index (κ1) is 22.3. The molecule has 1 aliphatic rings. The van der Waals surface area contributed by atoms with E-state index < -0.39 is 0 Å². The van der Waals surface area contributed by atoms with Gasteiger partial charge in [-0.1, -0.05) is 24.3 Å². The number of hydrogen-bond donors (Lipinski definition) is 1. The molecule has 2 aromatic carbocycles. The van der Waals surface area contributed by atoms with E-state index in [9.17, 15) is 9.59 Å². The zero-order valence-corrected chi connectivity index (χ0v) is 18.8. The molecule has 1 atom stereocenters. The zero-order valence-electron chi connectivity index (χ0n) is 18.8. The normalized spacial score (nSPS) is 16.0. The number of rotatable bonds is 6. The molecule has 1 saturated heterocycles. The van der Waals surface area contributed by atoms with Crippen molar-refractivity contribution in [3.05, 3.63) is 78.1 Å². The van der Waals surface area contributed by atoms with Crippen molar-refractivity contribution in [1.29, 1.82) is 0 Å². The molecule has 4 rings (SSSR count). The lowest BCUT2D eigenvalue weighted by atomic mass is 9.91. The molecule has 33 heavy (non-hydrogen) atoms. The third-order valence-electron chi connectivity index (χ3n) is 5.89. The Labute approximate surface area is 193 Å². The second-order valence-electron chi connectivity index (χ2n) is 7.90. The molecule has 2 amide bonds. The minimum atomic E-state index is -0.379. The second kappa shape index (κ2) is 10.2. The van der Waals surface area contributed by atoms with Crippen molar-refractivity contribution in [2.45, 2.75) is 6.42 Å². The zero-order chi connectivity index (χ0) is 23.2. The van der Waals surface area contributed by atoms with Gasteiger partial charge in [0.25, 0.3) is 5.91 Å². The first-order valence-corrected chi connectivity index (χ1v) is 10.9. The highest BCUT2D eigenvalue weighted by Crippen LogP contribution is 2.28. The molecule has 0 unspecified atom stereocenters. The van der Waals surface area contributed by atoms with Crippen molar-refractivity contribution in [3.8, 4) is 22.6 Å². The Morgan fingerprint density at radius 3 is 2.64 bits per heavy atom. The number of amides is 2. The average molecular weight is 446 g/mol. The standard InChI is InChI=1S/C26H27N3O4/c1-32-21-7-8-24(33-2)23(16-21)26(31)29-14-13-28-25(30)20(17-29)15-19-5-3-4-6-22(19)18-9-11-27-12-10-18/h3-12,16,20H,13-15,17H2,1-2H3,(H,28,30)/t20-/m0/s1. The fraction of sp³-hybridized carbons (Fsp3) is 0.269. The summed E-state index contributed by atoms with van der Waals surface area (Å²) >= 11 is 0. The van der Waals surface area contributed by atoms with Crippen molar-refractivity contribution in [2.24, 2.45) is 5.92 Å². The maximum absolute atomic E-state index is 13.4. The van der Waals surface area contributed by atoms with Crippen molar-refractivity contribution >= 4 is 11.8 Å². The number of carbonyl (C=O) groups is 2. The van der Waals surface area contributed by atoms with Crippen LogP contribution in [0.25, 0.3) is 11.1 Å². The minimum absolute atomic E-state index is 0.0487. The Morgan fingerprint density at radius 1 is 1.09 bits per heavy atom. The van der Waals surface area contributed by atoms with Crippen LogP contribution in [-0.4, -0.2) is 55.6 Å². The van der Waals surface area contributed by atoms with E-state index in [1.54, 1.807) is 42.6 Å². The number of aromatic nitrogens is 1. The summed E-state index contributed by atoms with van der Waals surface area (Å²) in [6, 6.07) is 17.1. The minimum Gasteiger partial charge on any atom is -0.497 e. The van der Waals surface area contributed by atoms with Gasteiger partial charge in [-0.25, -0.2) is 0 Å². The van der Waals surface area contributed by atoms with Crippen molar-refractivity contribution < 1.29 is 19.1 Å². The lowest BCUT2D eigenvalue weighted by Gasteiger charge is -2.25. The van der Waals surface area contributed by atoms with Crippen LogP contribution in [-0.2, 0) is 11.2 Å². The van der Waals surface area contributed by atoms with Crippen LogP contribution in [0.2, 0.25) is 0 Å². The van der Waals surface area contributed by atoms with E-state index in [1.807, 2.05) is 36.4 Å². The number of benzene rings is 2. The SMILES string of the molecule is COc1ccc(OC)c(C(=O)N2CCNC(=O)[C@@H](Cc3ccccc3-c3ccncc3)C2)c1. The summed E-state index contributed by atoms with van der Waals surface area (Å²) in [4.78, 5) is 32.1. The number of methoxy groups -OCH3 is 2. The van der Waals surface area contributed by atoms with E-state index in [1.165, 1.54) is 7.11 Å². The number of carbonyl (C=O) groups excluding carboxylic acids is 2. The number of nitrogens with one attached hydrogen (secondary N) is 1. The molecule has 170 valence electrons. The van der Waals surface area contributed by atoms with Crippen LogP contribution >= 0.6 is 0 Å². The van der Waals surface area contributed by atoms with Crippen LogP contribution < -0.4 is 14.8 Å². The molecular formula is C26H27N3O4. The van der Waals surface area contributed by atoms with Crippen LogP contribution in [0, 0.1) is 5.92 Å². The number of nitrogens with zero attached hydrogens (tertiary/aromatic N) is 2. The quantitative estimate of drug-likeness (QED) is 0.630. The monoisotopic (exact) mass is 445 g/mol. The largest absolute Gasteiger partial charge is 0.497 e. The highest BCUT2D eigenvalue weighted by atomic mass is 16.5. The molecule has 2 heterocycles. The average Bonchev–Trinajstić information content (AvgIpc) is 3.05. The van der Waals surface area contributed by atoms with Crippen LogP contribution in [0.4, 0.5) is 0 Å². The Balaban J connectivity index is 1.60. The van der Waals surface area contributed by atoms with Gasteiger partial charge in [0, 0.05) is 32.0 Å². The second-order valence-corrected chi connectivity index (χ2v) is 7.90. The smallest absolute Gasteiger partial charge is 0.257 e. The third kappa shape index (κ3) is 4.98. The highest BCUT2D eigenvalue weighted by Gasteiger charge is 2.30. The van der Waals surface area contributed by atoms with Gasteiger partial charge in [0.15, 0.2) is 0 Å². The maximum atomic E-state index is 13.4. The molecular weight excluding hydrogens is 418 g/mol. The Bertz CT molecular complexity index is 1130. The molecule has 1 aromatic heterocycles. The summed E-state index contributed by atoms with van der Waals surface area (Å²) in [5.41, 5.74) is 3.58. The molecule has 0 bridgehead atoms. The van der Waals surface area contributed by atoms with Crippen molar-refractivity contribution in [1.82, 2.24) is 15.2 Å². The van der Waals surface area contributed by atoms with Gasteiger partial charge in [-0.05, 0) is 53.4 Å². The van der Waals surface area contributed by atoms with E-state index in [4.69, 9.17) is 9.47 Å². The lowest BCUT2D eigenvalue weighted by Crippen LogP contribution is -2.37. The van der Waals surface area contributed by atoms with E-state index >= 15 is 0 Å². The first-order chi connectivity index (χ1) is 16.1. The molecule has 1 aliphatic heterocycles. The van der Waals surface area contributed by atoms with Gasteiger partial charge in [-0.15, -0.1) is 0 Å². The van der Waals surface area contributed by atoms with Gasteiger partial charge in [-0.2, -0.15) is 0 Å². The van der Waals surface area contributed by atoms with E-state index in [0.717, 1.165) is 16.7 Å². The van der Waals surface area contributed by atoms with Gasteiger partial charge in [0.1, 0.15) is 11.5 Å². The molecule has 0 radical (unpaired) electrons. The predicted molar refractivity (Wildman–Crippen MR) is 125 cm³/mol. The lowest BCUT2D eigenvalue weighted by molar-refractivity contribution is -0.124. The van der Waals surface area contributed by atoms with E-state index in [-0.39, 0.29) is 17.7 Å². The van der Waals surface area contributed by atoms with Gasteiger partial charge >= 0.3 is 0 Å². The third-order valence-corrected chi connectivity index (χ3v) is 5.89. The summed E-state index contributed by atoms with van der Waals surface area (Å²) in [5, 5.41) is 2.96. The van der Waals surface area contributed by atoms with Gasteiger partial charge < -0.3 is 19.7 Å². The molecule has 1 N–H and O–H groups in total. The fourth-order valence-electron chi connectivity index (χ4n) is 4.17. The topological polar surface area (TPSA) is 80.8 Å². The first-order valence-electron chi connectivity index (χ1n) is 10.9. The summed E-state index contributed by atoms with van der Waals surface area (Å²) in [7, 11) is 3.09. The highest BCUT2D eigenvalue weighted by molar-refractivity contribution is 5.98. The van der Waals surface area contributed by atoms with Crippen LogP contribution in [0.3, 0.4) is 0 Å². The van der Waals surface area contributed by atoms with Gasteiger partial charge in [-0.3, -0.25) is 14.6 Å². The number of ether oxygens (including phenoxy) is 2. The Morgan fingerprint density at radius 2 is 1.88 bits per heavy atom. The van der Waals surface area contributed by atoms with Crippen LogP contribution in [0.1, 0.15) is 15.9 Å². The molecule has 1 fully saturated rings. The summed E-state index contributed by atoms with van der Waals surface area (Å²) in [6.45, 7) is 1.14. The summed E-state index contributed by atoms with van der Waals surface area (Å²) < 4.78 is 10.7. The number of pyridine rings is 1. The summed E-state index contributed by atoms with van der Waals surface area (Å²) in [6.07, 6.45) is 4.03. The Hall–Kier alpha value is -3.87. The van der Waals surface area contributed by atoms with E-state index in [0.29, 0.717) is 43.1 Å². The van der Waals surface area contributed by atoms with Crippen molar-refractivity contribution in [3.63, 3.8) is 0 Å². The molecule has 7 heteroatoms. The molecule has 3 aromatic rings. The van der Waals surface area contributed by atoms with Crippen LogP contribution in [0.5, 0.6) is 11.5 Å². The van der Waals surface area contributed by atoms with Crippen LogP contribution in [0.15, 0.2) is 67.0 Å².